The molecule has 1 aliphatic heterocycles. The van der Waals surface area contributed by atoms with Crippen molar-refractivity contribution in [3.63, 3.8) is 0 Å². The lowest BCUT2D eigenvalue weighted by Gasteiger charge is -2.31. The van der Waals surface area contributed by atoms with E-state index >= 15 is 0 Å². The van der Waals surface area contributed by atoms with Gasteiger partial charge >= 0.3 is 0 Å². The highest BCUT2D eigenvalue weighted by atomic mass is 32.2. The molecule has 0 atom stereocenters. The van der Waals surface area contributed by atoms with Crippen LogP contribution in [0.5, 0.6) is 0 Å². The zero-order valence-electron chi connectivity index (χ0n) is 19.9. The molecule has 3 aromatic heterocycles. The van der Waals surface area contributed by atoms with Crippen molar-refractivity contribution >= 4 is 28.6 Å². The van der Waals surface area contributed by atoms with E-state index in [0.29, 0.717) is 5.92 Å². The van der Waals surface area contributed by atoms with Crippen LogP contribution in [0.1, 0.15) is 50.2 Å². The van der Waals surface area contributed by atoms with Crippen molar-refractivity contribution < 1.29 is 15.5 Å². The zero-order valence-corrected chi connectivity index (χ0v) is 20.8. The SMILES string of the molecule is CSc1ccc(-c2cn(C)c3c(N4CCC(c5nc(C(C)C)no5)CC4)ncnc23)cc1.O.O. The first-order valence-electron chi connectivity index (χ1n) is 11.1. The molecule has 182 valence electrons. The molecule has 34 heavy (non-hydrogen) atoms. The quantitative estimate of drug-likeness (QED) is 0.395. The molecule has 0 spiro atoms. The molecule has 0 radical (unpaired) electrons. The summed E-state index contributed by atoms with van der Waals surface area (Å²) in [5.74, 6) is 3.15. The van der Waals surface area contributed by atoms with Crippen molar-refractivity contribution in [3.8, 4) is 11.1 Å². The van der Waals surface area contributed by atoms with Crippen LogP contribution in [0.2, 0.25) is 0 Å². The fraction of sp³-hybridized carbons (Fsp3) is 0.417. The molecule has 4 N–H and O–H groups in total. The van der Waals surface area contributed by atoms with Gasteiger partial charge in [0, 0.05) is 48.6 Å². The molecular formula is C24H32N6O3S. The fourth-order valence-electron chi connectivity index (χ4n) is 4.41. The Bertz CT molecular complexity index is 1230. The van der Waals surface area contributed by atoms with Gasteiger partial charge in [0.25, 0.3) is 0 Å². The van der Waals surface area contributed by atoms with E-state index in [-0.39, 0.29) is 16.9 Å². The van der Waals surface area contributed by atoms with E-state index in [2.05, 4.69) is 82.2 Å². The van der Waals surface area contributed by atoms with Crippen LogP contribution in [-0.4, -0.2) is 55.0 Å². The van der Waals surface area contributed by atoms with Gasteiger partial charge in [0.15, 0.2) is 11.6 Å². The van der Waals surface area contributed by atoms with Gasteiger partial charge in [0.2, 0.25) is 5.89 Å². The monoisotopic (exact) mass is 484 g/mol. The molecule has 0 aliphatic carbocycles. The molecule has 5 rings (SSSR count). The summed E-state index contributed by atoms with van der Waals surface area (Å²) in [5, 5.41) is 4.14. The smallest absolute Gasteiger partial charge is 0.229 e. The highest BCUT2D eigenvalue weighted by molar-refractivity contribution is 7.98. The zero-order chi connectivity index (χ0) is 22.2. The normalized spacial score (nSPS) is 14.3. The van der Waals surface area contributed by atoms with Crippen molar-refractivity contribution in [2.75, 3.05) is 24.2 Å². The first-order valence-corrected chi connectivity index (χ1v) is 12.3. The van der Waals surface area contributed by atoms with Crippen molar-refractivity contribution in [2.45, 2.75) is 43.4 Å². The predicted molar refractivity (Wildman–Crippen MR) is 136 cm³/mol. The number of hydrogen-bond acceptors (Lipinski definition) is 7. The van der Waals surface area contributed by atoms with Gasteiger partial charge < -0.3 is 24.9 Å². The topological polar surface area (TPSA) is 136 Å². The molecule has 0 amide bonds. The number of aryl methyl sites for hydroxylation is 1. The molecule has 1 aromatic carbocycles. The molecule has 0 saturated carbocycles. The summed E-state index contributed by atoms with van der Waals surface area (Å²) >= 11 is 1.75. The molecule has 1 fully saturated rings. The number of hydrogen-bond donors (Lipinski definition) is 0. The number of anilines is 1. The number of thioether (sulfide) groups is 1. The Morgan fingerprint density at radius 2 is 1.76 bits per heavy atom. The third kappa shape index (κ3) is 4.66. The van der Waals surface area contributed by atoms with Crippen LogP contribution in [0.4, 0.5) is 5.82 Å². The first-order chi connectivity index (χ1) is 15.5. The maximum Gasteiger partial charge on any atom is 0.229 e. The van der Waals surface area contributed by atoms with Crippen LogP contribution in [0, 0.1) is 0 Å². The number of fused-ring (bicyclic) bond motifs is 1. The summed E-state index contributed by atoms with van der Waals surface area (Å²) in [5.41, 5.74) is 4.39. The fourth-order valence-corrected chi connectivity index (χ4v) is 4.82. The summed E-state index contributed by atoms with van der Waals surface area (Å²) in [6, 6.07) is 8.66. The molecule has 0 bridgehead atoms. The summed E-state index contributed by atoms with van der Waals surface area (Å²) in [6.07, 6.45) is 7.89. The largest absolute Gasteiger partial charge is 0.412 e. The summed E-state index contributed by atoms with van der Waals surface area (Å²) in [4.78, 5) is 17.6. The van der Waals surface area contributed by atoms with E-state index in [4.69, 9.17) is 9.51 Å². The molecule has 10 heteroatoms. The second kappa shape index (κ2) is 10.5. The molecular weight excluding hydrogens is 452 g/mol. The summed E-state index contributed by atoms with van der Waals surface area (Å²) < 4.78 is 7.71. The van der Waals surface area contributed by atoms with E-state index < -0.39 is 0 Å². The number of piperidine rings is 1. The Morgan fingerprint density at radius 3 is 2.38 bits per heavy atom. The van der Waals surface area contributed by atoms with E-state index in [0.717, 1.165) is 60.1 Å². The summed E-state index contributed by atoms with van der Waals surface area (Å²) in [7, 11) is 2.08. The van der Waals surface area contributed by atoms with Crippen molar-refractivity contribution in [1.82, 2.24) is 24.7 Å². The lowest BCUT2D eigenvalue weighted by atomic mass is 9.96. The number of rotatable bonds is 5. The average molecular weight is 485 g/mol. The molecule has 4 aromatic rings. The lowest BCUT2D eigenvalue weighted by Crippen LogP contribution is -2.34. The second-order valence-corrected chi connectivity index (χ2v) is 9.56. The van der Waals surface area contributed by atoms with E-state index in [9.17, 15) is 0 Å². The number of benzene rings is 1. The Kier molecular flexibility index (Phi) is 7.96. The van der Waals surface area contributed by atoms with Gasteiger partial charge in [-0.05, 0) is 36.8 Å². The minimum absolute atomic E-state index is 0. The van der Waals surface area contributed by atoms with Gasteiger partial charge in [-0.1, -0.05) is 31.1 Å². The van der Waals surface area contributed by atoms with Crippen molar-refractivity contribution in [1.29, 1.82) is 0 Å². The minimum atomic E-state index is 0. The van der Waals surface area contributed by atoms with Gasteiger partial charge in [-0.3, -0.25) is 0 Å². The van der Waals surface area contributed by atoms with E-state index in [1.54, 1.807) is 18.1 Å². The maximum absolute atomic E-state index is 5.55. The van der Waals surface area contributed by atoms with Gasteiger partial charge in [-0.25, -0.2) is 9.97 Å². The van der Waals surface area contributed by atoms with Crippen LogP contribution in [-0.2, 0) is 7.05 Å². The molecule has 0 unspecified atom stereocenters. The Balaban J connectivity index is 0.00000162. The molecule has 9 nitrogen and oxygen atoms in total. The van der Waals surface area contributed by atoms with Crippen LogP contribution < -0.4 is 4.90 Å². The van der Waals surface area contributed by atoms with Crippen molar-refractivity contribution in [2.24, 2.45) is 7.05 Å². The second-order valence-electron chi connectivity index (χ2n) is 8.68. The van der Waals surface area contributed by atoms with Gasteiger partial charge in [-0.2, -0.15) is 4.98 Å². The standard InChI is InChI=1S/C24H28N6OS.2H2O/c1-15(2)22-27-24(31-28-22)17-9-11-30(12-10-17)23-21-20(25-14-26-23)19(13-29(21)3)16-5-7-18(32-4)8-6-16;;/h5-8,13-15,17H,9-12H2,1-4H3;2*1H2. The molecule has 1 saturated heterocycles. The number of aromatic nitrogens is 5. The van der Waals surface area contributed by atoms with E-state index in [1.807, 2.05) is 0 Å². The highest BCUT2D eigenvalue weighted by Gasteiger charge is 2.28. The third-order valence-electron chi connectivity index (χ3n) is 6.25. The maximum atomic E-state index is 5.55. The van der Waals surface area contributed by atoms with Gasteiger partial charge in [0.1, 0.15) is 17.4 Å². The van der Waals surface area contributed by atoms with Crippen LogP contribution >= 0.6 is 11.8 Å². The van der Waals surface area contributed by atoms with Crippen molar-refractivity contribution in [3.05, 3.63) is 48.5 Å². The van der Waals surface area contributed by atoms with Gasteiger partial charge in [0.05, 0.1) is 0 Å². The van der Waals surface area contributed by atoms with Crippen LogP contribution in [0.25, 0.3) is 22.2 Å². The Labute approximate surface area is 203 Å². The van der Waals surface area contributed by atoms with Crippen LogP contribution in [0.15, 0.2) is 46.2 Å². The Morgan fingerprint density at radius 1 is 1.06 bits per heavy atom. The third-order valence-corrected chi connectivity index (χ3v) is 7.00. The van der Waals surface area contributed by atoms with Gasteiger partial charge in [-0.15, -0.1) is 11.8 Å². The molecule has 1 aliphatic rings. The summed E-state index contributed by atoms with van der Waals surface area (Å²) in [6.45, 7) is 5.98. The lowest BCUT2D eigenvalue weighted by molar-refractivity contribution is 0.326. The number of nitrogens with zero attached hydrogens (tertiary/aromatic N) is 6. The first kappa shape index (κ1) is 25.7. The Hall–Kier alpha value is -2.95. The highest BCUT2D eigenvalue weighted by Crippen LogP contribution is 2.36. The minimum Gasteiger partial charge on any atom is -0.412 e. The van der Waals surface area contributed by atoms with E-state index in [1.165, 1.54) is 10.5 Å². The average Bonchev–Trinajstić information content (AvgIpc) is 3.45. The molecule has 4 heterocycles. The van der Waals surface area contributed by atoms with Crippen LogP contribution in [0.3, 0.4) is 0 Å². The predicted octanol–water partition coefficient (Wildman–Crippen LogP) is 3.60.